The van der Waals surface area contributed by atoms with Crippen LogP contribution in [0.2, 0.25) is 0 Å². The van der Waals surface area contributed by atoms with Gasteiger partial charge in [0.15, 0.2) is 0 Å². The fourth-order valence-corrected chi connectivity index (χ4v) is 2.61. The van der Waals surface area contributed by atoms with Gasteiger partial charge in [0.05, 0.1) is 4.47 Å². The Kier molecular flexibility index (Phi) is 5.37. The molecule has 0 saturated heterocycles. The second kappa shape index (κ2) is 7.09. The lowest BCUT2D eigenvalue weighted by Gasteiger charge is -2.18. The molecule has 0 saturated carbocycles. The lowest BCUT2D eigenvalue weighted by Crippen LogP contribution is -2.10. The van der Waals surface area contributed by atoms with Crippen LogP contribution in [0.5, 0.6) is 0 Å². The number of anilines is 1. The summed E-state index contributed by atoms with van der Waals surface area (Å²) in [7, 11) is 0. The van der Waals surface area contributed by atoms with E-state index in [-0.39, 0.29) is 11.3 Å². The van der Waals surface area contributed by atoms with E-state index < -0.39 is 0 Å². The van der Waals surface area contributed by atoms with E-state index in [0.717, 1.165) is 15.6 Å². The van der Waals surface area contributed by atoms with Crippen LogP contribution in [0.1, 0.15) is 37.5 Å². The molecule has 0 aliphatic heterocycles. The monoisotopic (exact) mass is 372 g/mol. The Hall–Kier alpha value is -1.94. The fourth-order valence-electron chi connectivity index (χ4n) is 2.05. The molecule has 0 bridgehead atoms. The highest BCUT2D eigenvalue weighted by atomic mass is 79.9. The molecule has 0 aliphatic carbocycles. The number of aromatic nitrogens is 1. The van der Waals surface area contributed by atoms with Gasteiger partial charge < -0.3 is 5.32 Å². The van der Waals surface area contributed by atoms with Gasteiger partial charge in [-0.3, -0.25) is 4.79 Å². The maximum absolute atomic E-state index is 12.0. The molecule has 3 nitrogen and oxygen atoms in total. The van der Waals surface area contributed by atoms with E-state index in [4.69, 9.17) is 0 Å². The molecule has 1 amide bonds. The Balaban J connectivity index is 2.03. The molecule has 2 aromatic rings. The number of carbonyl (C=O) groups is 1. The van der Waals surface area contributed by atoms with Gasteiger partial charge in [-0.25, -0.2) is 4.98 Å². The van der Waals surface area contributed by atoms with Gasteiger partial charge in [-0.05, 0) is 57.1 Å². The normalized spacial score (nSPS) is 11.7. The van der Waals surface area contributed by atoms with Crippen LogP contribution in [0.4, 0.5) is 5.82 Å². The molecule has 120 valence electrons. The first kappa shape index (κ1) is 17.4. The minimum absolute atomic E-state index is 0.128. The summed E-state index contributed by atoms with van der Waals surface area (Å²) in [6.07, 6.45) is 5.03. The molecule has 0 atom stereocenters. The smallest absolute Gasteiger partial charge is 0.249 e. The highest BCUT2D eigenvalue weighted by Crippen LogP contribution is 2.23. The topological polar surface area (TPSA) is 42.0 Å². The summed E-state index contributed by atoms with van der Waals surface area (Å²) in [6.45, 7) is 8.48. The third-order valence-corrected chi connectivity index (χ3v) is 4.03. The van der Waals surface area contributed by atoms with Gasteiger partial charge in [0.1, 0.15) is 5.82 Å². The molecule has 1 aromatic heterocycles. The van der Waals surface area contributed by atoms with Crippen molar-refractivity contribution in [2.45, 2.75) is 33.1 Å². The number of benzene rings is 1. The van der Waals surface area contributed by atoms with Crippen LogP contribution < -0.4 is 5.32 Å². The molecule has 0 fully saturated rings. The molecule has 23 heavy (non-hydrogen) atoms. The quantitative estimate of drug-likeness (QED) is 0.761. The number of halogens is 1. The molecular formula is C19H21BrN2O. The van der Waals surface area contributed by atoms with E-state index in [1.54, 1.807) is 12.3 Å². The number of hydrogen-bond acceptors (Lipinski definition) is 2. The van der Waals surface area contributed by atoms with Gasteiger partial charge in [-0.2, -0.15) is 0 Å². The second-order valence-electron chi connectivity index (χ2n) is 6.54. The minimum atomic E-state index is -0.207. The SMILES string of the molecule is Cc1cnc(NC(=O)C=Cc2ccc(C(C)(C)C)cc2)c(Br)c1. The number of carbonyl (C=O) groups excluding carboxylic acids is 1. The van der Waals surface area contributed by atoms with E-state index in [0.29, 0.717) is 5.82 Å². The van der Waals surface area contributed by atoms with Crippen molar-refractivity contribution in [3.05, 3.63) is 63.8 Å². The van der Waals surface area contributed by atoms with E-state index >= 15 is 0 Å². The standard InChI is InChI=1S/C19H21BrN2O/c1-13-11-16(20)18(21-12-13)22-17(23)10-7-14-5-8-15(9-6-14)19(2,3)4/h5-12H,1-4H3,(H,21,22,23). The predicted octanol–water partition coefficient (Wildman–Crippen LogP) is 5.10. The third kappa shape index (κ3) is 5.03. The summed E-state index contributed by atoms with van der Waals surface area (Å²) >= 11 is 3.40. The van der Waals surface area contributed by atoms with Crippen LogP contribution in [-0.4, -0.2) is 10.9 Å². The van der Waals surface area contributed by atoms with Gasteiger partial charge in [0, 0.05) is 12.3 Å². The van der Waals surface area contributed by atoms with Crippen LogP contribution in [0.25, 0.3) is 6.08 Å². The summed E-state index contributed by atoms with van der Waals surface area (Å²) in [5.74, 6) is 0.315. The molecule has 1 aromatic carbocycles. The van der Waals surface area contributed by atoms with Crippen LogP contribution in [-0.2, 0) is 10.2 Å². The third-order valence-electron chi connectivity index (χ3n) is 3.42. The Morgan fingerprint density at radius 3 is 2.43 bits per heavy atom. The van der Waals surface area contributed by atoms with Crippen molar-refractivity contribution in [3.63, 3.8) is 0 Å². The summed E-state index contributed by atoms with van der Waals surface area (Å²) in [5, 5.41) is 2.76. The van der Waals surface area contributed by atoms with Gasteiger partial charge in [-0.1, -0.05) is 45.0 Å². The van der Waals surface area contributed by atoms with Gasteiger partial charge in [-0.15, -0.1) is 0 Å². The zero-order valence-electron chi connectivity index (χ0n) is 13.9. The molecular weight excluding hydrogens is 352 g/mol. The van der Waals surface area contributed by atoms with Crippen molar-refractivity contribution >= 4 is 33.7 Å². The van der Waals surface area contributed by atoms with Gasteiger partial charge >= 0.3 is 0 Å². The van der Waals surface area contributed by atoms with E-state index in [1.165, 1.54) is 11.6 Å². The number of nitrogens with zero attached hydrogens (tertiary/aromatic N) is 1. The molecule has 0 radical (unpaired) electrons. The number of hydrogen-bond donors (Lipinski definition) is 1. The van der Waals surface area contributed by atoms with Crippen LogP contribution in [0.3, 0.4) is 0 Å². The number of pyridine rings is 1. The Morgan fingerprint density at radius 2 is 1.87 bits per heavy atom. The lowest BCUT2D eigenvalue weighted by molar-refractivity contribution is -0.111. The van der Waals surface area contributed by atoms with Crippen molar-refractivity contribution < 1.29 is 4.79 Å². The van der Waals surface area contributed by atoms with Gasteiger partial charge in [0.25, 0.3) is 0 Å². The summed E-state index contributed by atoms with van der Waals surface area (Å²) < 4.78 is 0.772. The first-order valence-electron chi connectivity index (χ1n) is 7.47. The molecule has 0 aliphatic rings. The molecule has 0 spiro atoms. The Morgan fingerprint density at radius 1 is 1.22 bits per heavy atom. The summed E-state index contributed by atoms with van der Waals surface area (Å²) in [6, 6.07) is 10.1. The summed E-state index contributed by atoms with van der Waals surface area (Å²) in [4.78, 5) is 16.2. The number of rotatable bonds is 3. The zero-order chi connectivity index (χ0) is 17.0. The number of aryl methyl sites for hydroxylation is 1. The van der Waals surface area contributed by atoms with Crippen molar-refractivity contribution in [3.8, 4) is 0 Å². The largest absolute Gasteiger partial charge is 0.306 e. The van der Waals surface area contributed by atoms with Crippen molar-refractivity contribution in [2.75, 3.05) is 5.32 Å². The maximum Gasteiger partial charge on any atom is 0.249 e. The molecule has 4 heteroatoms. The average molecular weight is 373 g/mol. The highest BCUT2D eigenvalue weighted by Gasteiger charge is 2.12. The van der Waals surface area contributed by atoms with Crippen molar-refractivity contribution in [2.24, 2.45) is 0 Å². The first-order valence-corrected chi connectivity index (χ1v) is 8.27. The van der Waals surface area contributed by atoms with E-state index in [1.807, 2.05) is 25.1 Å². The summed E-state index contributed by atoms with van der Waals surface area (Å²) in [5.41, 5.74) is 3.42. The number of nitrogens with one attached hydrogen (secondary N) is 1. The molecule has 0 unspecified atom stereocenters. The predicted molar refractivity (Wildman–Crippen MR) is 99.5 cm³/mol. The van der Waals surface area contributed by atoms with E-state index in [2.05, 4.69) is 59.1 Å². The molecule has 1 N–H and O–H groups in total. The van der Waals surface area contributed by atoms with Crippen molar-refractivity contribution in [1.82, 2.24) is 4.98 Å². The van der Waals surface area contributed by atoms with E-state index in [9.17, 15) is 4.79 Å². The lowest BCUT2D eigenvalue weighted by atomic mass is 9.87. The Bertz CT molecular complexity index is 728. The zero-order valence-corrected chi connectivity index (χ0v) is 15.4. The second-order valence-corrected chi connectivity index (χ2v) is 7.39. The Labute approximate surface area is 146 Å². The fraction of sp³-hybridized carbons (Fsp3) is 0.263. The van der Waals surface area contributed by atoms with Crippen LogP contribution in [0.15, 0.2) is 47.1 Å². The molecule has 1 heterocycles. The van der Waals surface area contributed by atoms with Crippen molar-refractivity contribution in [1.29, 1.82) is 0 Å². The minimum Gasteiger partial charge on any atom is -0.306 e. The maximum atomic E-state index is 12.0. The van der Waals surface area contributed by atoms with Crippen LogP contribution >= 0.6 is 15.9 Å². The highest BCUT2D eigenvalue weighted by molar-refractivity contribution is 9.10. The number of amides is 1. The first-order chi connectivity index (χ1) is 10.8. The van der Waals surface area contributed by atoms with Crippen LogP contribution in [0, 0.1) is 6.92 Å². The van der Waals surface area contributed by atoms with Gasteiger partial charge in [0.2, 0.25) is 5.91 Å². The average Bonchev–Trinajstić information content (AvgIpc) is 2.47. The molecule has 2 rings (SSSR count).